The van der Waals surface area contributed by atoms with Gasteiger partial charge in [0.05, 0.1) is 0 Å². The van der Waals surface area contributed by atoms with Gasteiger partial charge in [-0.15, -0.1) is 0 Å². The number of pyridine rings is 1. The molecular weight excluding hydrogens is 304 g/mol. The molecular formula is C16H11F2N3O2. The monoisotopic (exact) mass is 315 g/mol. The van der Waals surface area contributed by atoms with Crippen molar-refractivity contribution in [1.29, 1.82) is 0 Å². The van der Waals surface area contributed by atoms with Crippen molar-refractivity contribution in [3.8, 4) is 11.3 Å². The van der Waals surface area contributed by atoms with Crippen LogP contribution in [0.4, 0.5) is 14.6 Å². The number of hydrogen-bond acceptors (Lipinski definition) is 4. The summed E-state index contributed by atoms with van der Waals surface area (Å²) in [4.78, 5) is 16.0. The predicted octanol–water partition coefficient (Wildman–Crippen LogP) is 3.58. The number of halogens is 2. The quantitative estimate of drug-likeness (QED) is 0.802. The summed E-state index contributed by atoms with van der Waals surface area (Å²) in [5, 5.41) is 5.97. The predicted molar refractivity (Wildman–Crippen MR) is 78.8 cm³/mol. The van der Waals surface area contributed by atoms with Crippen molar-refractivity contribution < 1.29 is 18.1 Å². The normalized spacial score (nSPS) is 10.6. The van der Waals surface area contributed by atoms with E-state index in [0.717, 1.165) is 17.7 Å². The van der Waals surface area contributed by atoms with Gasteiger partial charge in [0.25, 0.3) is 5.91 Å². The van der Waals surface area contributed by atoms with Crippen LogP contribution in [0.15, 0.2) is 47.2 Å². The molecule has 0 aliphatic rings. The first kappa shape index (κ1) is 14.8. The van der Waals surface area contributed by atoms with Crippen LogP contribution in [0, 0.1) is 18.6 Å². The van der Waals surface area contributed by atoms with Crippen LogP contribution >= 0.6 is 0 Å². The summed E-state index contributed by atoms with van der Waals surface area (Å²) in [7, 11) is 0. The van der Waals surface area contributed by atoms with Crippen LogP contribution in [-0.2, 0) is 0 Å². The van der Waals surface area contributed by atoms with Gasteiger partial charge in [-0.3, -0.25) is 9.78 Å². The zero-order valence-corrected chi connectivity index (χ0v) is 12.0. The van der Waals surface area contributed by atoms with E-state index in [-0.39, 0.29) is 5.82 Å². The number of anilines is 1. The second kappa shape index (κ2) is 5.96. The fourth-order valence-electron chi connectivity index (χ4n) is 2.05. The Kier molecular flexibility index (Phi) is 3.84. The summed E-state index contributed by atoms with van der Waals surface area (Å²) in [5.74, 6) is -2.41. The number of aryl methyl sites for hydroxylation is 1. The molecule has 0 saturated carbocycles. The lowest BCUT2D eigenvalue weighted by atomic mass is 10.1. The Balaban J connectivity index is 1.83. The van der Waals surface area contributed by atoms with E-state index >= 15 is 0 Å². The minimum Gasteiger partial charge on any atom is -0.354 e. The molecule has 0 fully saturated rings. The number of aromatic nitrogens is 2. The standard InChI is InChI=1S/C16H11F2N3O2/c1-9-5-10(8-19-7-9)13-6-14(21-23-13)20-16(22)15-11(17)3-2-4-12(15)18/h2-8H,1H3,(H,20,21,22). The van der Waals surface area contributed by atoms with Gasteiger partial charge in [-0.25, -0.2) is 8.78 Å². The number of carbonyl (C=O) groups is 1. The van der Waals surface area contributed by atoms with Crippen molar-refractivity contribution in [2.24, 2.45) is 0 Å². The fraction of sp³-hybridized carbons (Fsp3) is 0.0625. The molecule has 1 N–H and O–H groups in total. The summed E-state index contributed by atoms with van der Waals surface area (Å²) >= 11 is 0. The van der Waals surface area contributed by atoms with Crippen LogP contribution in [0.2, 0.25) is 0 Å². The molecule has 2 aromatic heterocycles. The van der Waals surface area contributed by atoms with E-state index in [1.165, 1.54) is 12.1 Å². The van der Waals surface area contributed by atoms with E-state index in [9.17, 15) is 13.6 Å². The lowest BCUT2D eigenvalue weighted by Crippen LogP contribution is -2.15. The van der Waals surface area contributed by atoms with Crippen LogP contribution in [0.5, 0.6) is 0 Å². The molecule has 1 amide bonds. The van der Waals surface area contributed by atoms with Crippen molar-refractivity contribution in [2.75, 3.05) is 5.32 Å². The molecule has 3 aromatic rings. The second-order valence-electron chi connectivity index (χ2n) is 4.88. The van der Waals surface area contributed by atoms with Crippen molar-refractivity contribution in [1.82, 2.24) is 10.1 Å². The van der Waals surface area contributed by atoms with Gasteiger partial charge in [0.15, 0.2) is 11.6 Å². The summed E-state index contributed by atoms with van der Waals surface area (Å²) in [6.07, 6.45) is 3.26. The number of nitrogens with zero attached hydrogens (tertiary/aromatic N) is 2. The molecule has 0 atom stereocenters. The molecule has 23 heavy (non-hydrogen) atoms. The lowest BCUT2D eigenvalue weighted by molar-refractivity contribution is 0.101. The summed E-state index contributed by atoms with van der Waals surface area (Å²) in [6.45, 7) is 1.87. The number of amides is 1. The Labute approximate surface area is 130 Å². The molecule has 116 valence electrons. The molecule has 0 aliphatic carbocycles. The van der Waals surface area contributed by atoms with Crippen molar-refractivity contribution in [3.63, 3.8) is 0 Å². The largest absolute Gasteiger partial charge is 0.354 e. The molecule has 0 spiro atoms. The molecule has 0 unspecified atom stereocenters. The first-order valence-corrected chi connectivity index (χ1v) is 6.68. The van der Waals surface area contributed by atoms with Gasteiger partial charge in [-0.05, 0) is 30.7 Å². The van der Waals surface area contributed by atoms with Crippen LogP contribution in [0.3, 0.4) is 0 Å². The first-order chi connectivity index (χ1) is 11.0. The third-order valence-corrected chi connectivity index (χ3v) is 3.10. The third-order valence-electron chi connectivity index (χ3n) is 3.10. The lowest BCUT2D eigenvalue weighted by Gasteiger charge is -2.03. The summed E-state index contributed by atoms with van der Waals surface area (Å²) < 4.78 is 32.2. The van der Waals surface area contributed by atoms with Crippen molar-refractivity contribution in [2.45, 2.75) is 6.92 Å². The molecule has 0 radical (unpaired) electrons. The van der Waals surface area contributed by atoms with Crippen LogP contribution < -0.4 is 5.32 Å². The molecule has 2 heterocycles. The summed E-state index contributed by atoms with van der Waals surface area (Å²) in [5.41, 5.74) is 0.933. The van der Waals surface area contributed by atoms with E-state index in [2.05, 4.69) is 15.5 Å². The zero-order chi connectivity index (χ0) is 16.4. The highest BCUT2D eigenvalue weighted by Gasteiger charge is 2.18. The second-order valence-corrected chi connectivity index (χ2v) is 4.88. The van der Waals surface area contributed by atoms with Crippen LogP contribution in [0.1, 0.15) is 15.9 Å². The Bertz CT molecular complexity index is 857. The molecule has 0 aliphatic heterocycles. The highest BCUT2D eigenvalue weighted by molar-refractivity contribution is 6.04. The highest BCUT2D eigenvalue weighted by Crippen LogP contribution is 2.23. The van der Waals surface area contributed by atoms with Gasteiger partial charge in [0.1, 0.15) is 17.2 Å². The molecule has 3 rings (SSSR count). The van der Waals surface area contributed by atoms with Gasteiger partial charge < -0.3 is 9.84 Å². The van der Waals surface area contributed by atoms with Gasteiger partial charge >= 0.3 is 0 Å². The van der Waals surface area contributed by atoms with Gasteiger partial charge in [-0.2, -0.15) is 0 Å². The first-order valence-electron chi connectivity index (χ1n) is 6.68. The Morgan fingerprint density at radius 3 is 2.61 bits per heavy atom. The maximum absolute atomic E-state index is 13.6. The number of benzene rings is 1. The molecule has 0 bridgehead atoms. The molecule has 1 aromatic carbocycles. The van der Waals surface area contributed by atoms with E-state index in [1.807, 2.05) is 13.0 Å². The van der Waals surface area contributed by atoms with E-state index in [4.69, 9.17) is 4.52 Å². The van der Waals surface area contributed by atoms with Gasteiger partial charge in [0.2, 0.25) is 0 Å². The van der Waals surface area contributed by atoms with Gasteiger partial charge in [0, 0.05) is 24.0 Å². The number of carbonyl (C=O) groups excluding carboxylic acids is 1. The Morgan fingerprint density at radius 1 is 1.17 bits per heavy atom. The van der Waals surface area contributed by atoms with E-state index in [0.29, 0.717) is 11.3 Å². The fourth-order valence-corrected chi connectivity index (χ4v) is 2.05. The Hall–Kier alpha value is -3.09. The molecule has 0 saturated heterocycles. The molecule has 7 heteroatoms. The molecule has 5 nitrogen and oxygen atoms in total. The van der Waals surface area contributed by atoms with Crippen molar-refractivity contribution in [3.05, 3.63) is 65.5 Å². The van der Waals surface area contributed by atoms with E-state index in [1.54, 1.807) is 12.4 Å². The average molecular weight is 315 g/mol. The maximum Gasteiger partial charge on any atom is 0.262 e. The number of hydrogen-bond donors (Lipinski definition) is 1. The van der Waals surface area contributed by atoms with Crippen molar-refractivity contribution >= 4 is 11.7 Å². The minimum absolute atomic E-state index is 0.0501. The van der Waals surface area contributed by atoms with Gasteiger partial charge in [-0.1, -0.05) is 11.2 Å². The van der Waals surface area contributed by atoms with E-state index < -0.39 is 23.1 Å². The summed E-state index contributed by atoms with van der Waals surface area (Å²) in [6, 6.07) is 6.47. The highest BCUT2D eigenvalue weighted by atomic mass is 19.1. The zero-order valence-electron chi connectivity index (χ0n) is 12.0. The average Bonchev–Trinajstić information content (AvgIpc) is 2.95. The number of nitrogens with one attached hydrogen (secondary N) is 1. The SMILES string of the molecule is Cc1cncc(-c2cc(NC(=O)c3c(F)cccc3F)no2)c1. The smallest absolute Gasteiger partial charge is 0.262 e. The third kappa shape index (κ3) is 3.08. The topological polar surface area (TPSA) is 68.0 Å². The Morgan fingerprint density at radius 2 is 1.91 bits per heavy atom. The van der Waals surface area contributed by atoms with Crippen LogP contribution in [0.25, 0.3) is 11.3 Å². The minimum atomic E-state index is -0.950. The van der Waals surface area contributed by atoms with Crippen LogP contribution in [-0.4, -0.2) is 16.0 Å². The number of rotatable bonds is 3. The maximum atomic E-state index is 13.6.